The van der Waals surface area contributed by atoms with Crippen molar-refractivity contribution < 1.29 is 23.9 Å². The van der Waals surface area contributed by atoms with Crippen molar-refractivity contribution in [3.05, 3.63) is 54.1 Å². The zero-order valence-electron chi connectivity index (χ0n) is 17.2. The molecular formula is C23H26N2O5. The number of carbonyl (C=O) groups excluding carboxylic acids is 3. The normalized spacial score (nSPS) is 14.5. The molecule has 0 N–H and O–H groups in total. The summed E-state index contributed by atoms with van der Waals surface area (Å²) in [7, 11) is 1.54. The van der Waals surface area contributed by atoms with Crippen molar-refractivity contribution in [3.8, 4) is 11.5 Å². The van der Waals surface area contributed by atoms with Gasteiger partial charge < -0.3 is 14.4 Å². The fraction of sp³-hybridized carbons (Fsp3) is 0.348. The van der Waals surface area contributed by atoms with Crippen LogP contribution in [0.2, 0.25) is 0 Å². The number of methoxy groups -OCH3 is 1. The number of amides is 2. The molecule has 2 aromatic carbocycles. The molecule has 7 nitrogen and oxygen atoms in total. The maximum absolute atomic E-state index is 12.5. The Morgan fingerprint density at radius 2 is 1.87 bits per heavy atom. The molecule has 1 saturated heterocycles. The molecule has 1 aliphatic heterocycles. The van der Waals surface area contributed by atoms with Crippen LogP contribution in [0.1, 0.15) is 18.9 Å². The first-order chi connectivity index (χ1) is 14.5. The van der Waals surface area contributed by atoms with Crippen LogP contribution in [0.15, 0.2) is 48.5 Å². The number of ketones is 1. The van der Waals surface area contributed by atoms with E-state index in [-0.39, 0.29) is 18.7 Å². The van der Waals surface area contributed by atoms with Crippen LogP contribution in [0.3, 0.4) is 0 Å². The van der Waals surface area contributed by atoms with Crippen molar-refractivity contribution in [2.75, 3.05) is 31.6 Å². The zero-order valence-corrected chi connectivity index (χ0v) is 17.2. The van der Waals surface area contributed by atoms with E-state index in [0.717, 1.165) is 30.8 Å². The van der Waals surface area contributed by atoms with Crippen LogP contribution >= 0.6 is 0 Å². The minimum atomic E-state index is -0.936. The molecule has 158 valence electrons. The van der Waals surface area contributed by atoms with Gasteiger partial charge in [-0.05, 0) is 36.2 Å². The quantitative estimate of drug-likeness (QED) is 0.444. The molecule has 0 spiro atoms. The number of anilines is 1. The molecule has 0 bridgehead atoms. The number of hydrogen-bond donors (Lipinski definition) is 0. The van der Waals surface area contributed by atoms with Crippen molar-refractivity contribution in [1.82, 2.24) is 4.90 Å². The van der Waals surface area contributed by atoms with Gasteiger partial charge in [-0.1, -0.05) is 25.1 Å². The Bertz CT molecular complexity index is 897. The van der Waals surface area contributed by atoms with E-state index in [1.807, 2.05) is 29.2 Å². The van der Waals surface area contributed by atoms with Gasteiger partial charge in [-0.3, -0.25) is 14.5 Å². The van der Waals surface area contributed by atoms with Gasteiger partial charge >= 0.3 is 6.03 Å². The van der Waals surface area contributed by atoms with Gasteiger partial charge in [0, 0.05) is 37.8 Å². The molecule has 2 amide bonds. The maximum Gasteiger partial charge on any atom is 0.324 e. The lowest BCUT2D eigenvalue weighted by Crippen LogP contribution is -2.32. The second-order valence-corrected chi connectivity index (χ2v) is 7.10. The molecule has 1 heterocycles. The van der Waals surface area contributed by atoms with E-state index in [0.29, 0.717) is 18.0 Å². The fourth-order valence-corrected chi connectivity index (χ4v) is 3.44. The van der Waals surface area contributed by atoms with Gasteiger partial charge in [0.05, 0.1) is 7.11 Å². The summed E-state index contributed by atoms with van der Waals surface area (Å²) in [6, 6.07) is 14.3. The lowest BCUT2D eigenvalue weighted by atomic mass is 10.0. The van der Waals surface area contributed by atoms with E-state index in [2.05, 4.69) is 6.92 Å². The van der Waals surface area contributed by atoms with Gasteiger partial charge in [-0.15, -0.1) is 0 Å². The monoisotopic (exact) mass is 410 g/mol. The molecule has 30 heavy (non-hydrogen) atoms. The third kappa shape index (κ3) is 4.97. The topological polar surface area (TPSA) is 76.2 Å². The van der Waals surface area contributed by atoms with E-state index < -0.39 is 11.9 Å². The predicted octanol–water partition coefficient (Wildman–Crippen LogP) is 3.11. The Morgan fingerprint density at radius 1 is 1.13 bits per heavy atom. The predicted molar refractivity (Wildman–Crippen MR) is 113 cm³/mol. The molecule has 1 fully saturated rings. The fourth-order valence-electron chi connectivity index (χ4n) is 3.44. The van der Waals surface area contributed by atoms with Crippen LogP contribution in [0.4, 0.5) is 10.5 Å². The van der Waals surface area contributed by atoms with Gasteiger partial charge in [-0.25, -0.2) is 4.79 Å². The summed E-state index contributed by atoms with van der Waals surface area (Å²) < 4.78 is 10.9. The summed E-state index contributed by atoms with van der Waals surface area (Å²) in [5.74, 6) is 0.415. The third-order valence-corrected chi connectivity index (χ3v) is 5.01. The molecule has 0 aliphatic carbocycles. The Labute approximate surface area is 176 Å². The van der Waals surface area contributed by atoms with Gasteiger partial charge in [0.2, 0.25) is 5.78 Å². The third-order valence-electron chi connectivity index (χ3n) is 5.01. The molecule has 2 aromatic rings. The van der Waals surface area contributed by atoms with Crippen LogP contribution in [0.25, 0.3) is 0 Å². The highest BCUT2D eigenvalue weighted by molar-refractivity contribution is 6.27. The molecule has 0 aromatic heterocycles. The lowest BCUT2D eigenvalue weighted by molar-refractivity contribution is -0.134. The highest BCUT2D eigenvalue weighted by atomic mass is 16.5. The van der Waals surface area contributed by atoms with Crippen molar-refractivity contribution >= 4 is 23.8 Å². The summed E-state index contributed by atoms with van der Waals surface area (Å²) >= 11 is 0. The Balaban J connectivity index is 1.70. The maximum atomic E-state index is 12.5. The van der Waals surface area contributed by atoms with Crippen LogP contribution in [0.5, 0.6) is 11.5 Å². The zero-order chi connectivity index (χ0) is 21.5. The molecule has 1 aliphatic rings. The lowest BCUT2D eigenvalue weighted by Gasteiger charge is -2.19. The van der Waals surface area contributed by atoms with Crippen LogP contribution < -0.4 is 14.4 Å². The van der Waals surface area contributed by atoms with Crippen molar-refractivity contribution in [1.29, 1.82) is 0 Å². The highest BCUT2D eigenvalue weighted by Crippen LogP contribution is 2.24. The molecular weight excluding hydrogens is 384 g/mol. The number of benzene rings is 2. The van der Waals surface area contributed by atoms with E-state index in [9.17, 15) is 14.4 Å². The SMILES string of the molecule is CCCN1CCN(c2ccc(CC(Oc3cccc(OC)c3)C(=O)C=O)cc2)C1=O. The first-order valence-electron chi connectivity index (χ1n) is 10.0. The van der Waals surface area contributed by atoms with Gasteiger partial charge in [-0.2, -0.15) is 0 Å². The summed E-state index contributed by atoms with van der Waals surface area (Å²) in [5.41, 5.74) is 1.65. The Morgan fingerprint density at radius 3 is 2.53 bits per heavy atom. The van der Waals surface area contributed by atoms with E-state index in [1.165, 1.54) is 0 Å². The average molecular weight is 410 g/mol. The Hall–Kier alpha value is -3.35. The van der Waals surface area contributed by atoms with Crippen LogP contribution in [0, 0.1) is 0 Å². The minimum Gasteiger partial charge on any atom is -0.497 e. The summed E-state index contributed by atoms with van der Waals surface area (Å²) in [5, 5.41) is 0. The Kier molecular flexibility index (Phi) is 7.06. The average Bonchev–Trinajstić information content (AvgIpc) is 3.14. The van der Waals surface area contributed by atoms with Crippen LogP contribution in [-0.2, 0) is 16.0 Å². The summed E-state index contributed by atoms with van der Waals surface area (Å²) in [4.78, 5) is 39.3. The minimum absolute atomic E-state index is 0.0139. The largest absolute Gasteiger partial charge is 0.497 e. The number of hydrogen-bond acceptors (Lipinski definition) is 5. The highest BCUT2D eigenvalue weighted by Gasteiger charge is 2.28. The van der Waals surface area contributed by atoms with E-state index in [1.54, 1.807) is 36.3 Å². The summed E-state index contributed by atoms with van der Waals surface area (Å²) in [6.07, 6.45) is 0.516. The van der Waals surface area contributed by atoms with Gasteiger partial charge in [0.15, 0.2) is 12.4 Å². The standard InChI is InChI=1S/C23H26N2O5/c1-3-11-24-12-13-25(23(24)28)18-9-7-17(8-10-18)14-22(21(27)16-26)30-20-6-4-5-19(15-20)29-2/h4-10,15-16,22H,3,11-14H2,1-2H3. The van der Waals surface area contributed by atoms with Crippen molar-refractivity contribution in [2.45, 2.75) is 25.9 Å². The first kappa shape index (κ1) is 21.4. The number of Topliss-reactive ketones (excluding diaryl/α,β-unsaturated/α-hetero) is 1. The molecule has 1 atom stereocenters. The van der Waals surface area contributed by atoms with Crippen molar-refractivity contribution in [2.24, 2.45) is 0 Å². The molecule has 0 radical (unpaired) electrons. The van der Waals surface area contributed by atoms with E-state index in [4.69, 9.17) is 9.47 Å². The molecule has 0 saturated carbocycles. The van der Waals surface area contributed by atoms with Gasteiger partial charge in [0.1, 0.15) is 11.5 Å². The van der Waals surface area contributed by atoms with Crippen LogP contribution in [-0.4, -0.2) is 55.8 Å². The molecule has 1 unspecified atom stereocenters. The smallest absolute Gasteiger partial charge is 0.324 e. The number of nitrogens with zero attached hydrogens (tertiary/aromatic N) is 2. The molecule has 7 heteroatoms. The number of carbonyl (C=O) groups is 3. The first-order valence-corrected chi connectivity index (χ1v) is 10.0. The second kappa shape index (κ2) is 9.91. The second-order valence-electron chi connectivity index (χ2n) is 7.10. The van der Waals surface area contributed by atoms with Gasteiger partial charge in [0.25, 0.3) is 0 Å². The molecule has 3 rings (SSSR count). The van der Waals surface area contributed by atoms with Crippen molar-refractivity contribution in [3.63, 3.8) is 0 Å². The number of ether oxygens (including phenoxy) is 2. The number of rotatable bonds is 10. The number of urea groups is 1. The summed E-state index contributed by atoms with van der Waals surface area (Å²) in [6.45, 7) is 4.18. The van der Waals surface area contributed by atoms with E-state index >= 15 is 0 Å². The number of aldehydes is 1.